The van der Waals surface area contributed by atoms with Crippen LogP contribution in [0.2, 0.25) is 0 Å². The molecule has 1 aromatic heterocycles. The van der Waals surface area contributed by atoms with Crippen LogP contribution in [0, 0.1) is 0 Å². The van der Waals surface area contributed by atoms with Crippen LogP contribution in [0.4, 0.5) is 13.2 Å². The molecule has 0 saturated heterocycles. The van der Waals surface area contributed by atoms with E-state index in [0.717, 1.165) is 9.35 Å². The molecule has 0 fully saturated rings. The predicted octanol–water partition coefficient (Wildman–Crippen LogP) is 3.27. The Balaban J connectivity index is 2.36. The van der Waals surface area contributed by atoms with Gasteiger partial charge in [0.1, 0.15) is 0 Å². The number of hydrogen-bond donors (Lipinski definition) is 1. The highest BCUT2D eigenvalue weighted by Gasteiger charge is 2.27. The number of halogens is 4. The molecular formula is C9H11BrF3NO2S2. The smallest absolute Gasteiger partial charge is 0.212 e. The minimum absolute atomic E-state index is 0.102. The van der Waals surface area contributed by atoms with Crippen molar-refractivity contribution >= 4 is 37.3 Å². The lowest BCUT2D eigenvalue weighted by atomic mass is 10.3. The van der Waals surface area contributed by atoms with Crippen molar-refractivity contribution in [1.29, 1.82) is 0 Å². The summed E-state index contributed by atoms with van der Waals surface area (Å²) in [5, 5.41) is 1.80. The molecule has 9 heteroatoms. The van der Waals surface area contributed by atoms with Gasteiger partial charge in [0, 0.05) is 27.7 Å². The van der Waals surface area contributed by atoms with Crippen LogP contribution < -0.4 is 4.72 Å². The maximum atomic E-state index is 11.9. The monoisotopic (exact) mass is 365 g/mol. The summed E-state index contributed by atoms with van der Waals surface area (Å²) in [6.07, 6.45) is -5.82. The second-order valence-corrected chi connectivity index (χ2v) is 7.43. The fraction of sp³-hybridized carbons (Fsp3) is 0.556. The van der Waals surface area contributed by atoms with E-state index in [1.165, 1.54) is 11.3 Å². The van der Waals surface area contributed by atoms with Gasteiger partial charge in [-0.25, -0.2) is 13.1 Å². The summed E-state index contributed by atoms with van der Waals surface area (Å²) >= 11 is 4.59. The van der Waals surface area contributed by atoms with Gasteiger partial charge in [0.25, 0.3) is 0 Å². The second-order valence-electron chi connectivity index (χ2n) is 3.59. The van der Waals surface area contributed by atoms with Gasteiger partial charge in [-0.1, -0.05) is 0 Å². The fourth-order valence-electron chi connectivity index (χ4n) is 1.16. The van der Waals surface area contributed by atoms with E-state index in [2.05, 4.69) is 20.7 Å². The SMILES string of the molecule is O=S(=O)(CCCC(F)(F)F)NCc1cc(Br)cs1. The molecule has 1 N–H and O–H groups in total. The lowest BCUT2D eigenvalue weighted by molar-refractivity contribution is -0.134. The van der Waals surface area contributed by atoms with Gasteiger partial charge < -0.3 is 0 Å². The molecule has 3 nitrogen and oxygen atoms in total. The lowest BCUT2D eigenvalue weighted by Gasteiger charge is -2.07. The predicted molar refractivity (Wildman–Crippen MR) is 67.9 cm³/mol. The Morgan fingerprint density at radius 3 is 2.56 bits per heavy atom. The Kier molecular flexibility index (Phi) is 5.63. The number of sulfonamides is 1. The van der Waals surface area contributed by atoms with E-state index in [-0.39, 0.29) is 6.54 Å². The van der Waals surface area contributed by atoms with Crippen molar-refractivity contribution in [3.8, 4) is 0 Å². The van der Waals surface area contributed by atoms with Gasteiger partial charge in [-0.15, -0.1) is 11.3 Å². The number of alkyl halides is 3. The van der Waals surface area contributed by atoms with Crippen LogP contribution in [0.1, 0.15) is 17.7 Å². The van der Waals surface area contributed by atoms with Crippen molar-refractivity contribution in [1.82, 2.24) is 4.72 Å². The average Bonchev–Trinajstić information content (AvgIpc) is 2.59. The number of hydrogen-bond acceptors (Lipinski definition) is 3. The van der Waals surface area contributed by atoms with Crippen molar-refractivity contribution in [2.24, 2.45) is 0 Å². The number of thiophene rings is 1. The van der Waals surface area contributed by atoms with Crippen LogP contribution in [0.5, 0.6) is 0 Å². The molecular weight excluding hydrogens is 355 g/mol. The number of rotatable bonds is 6. The molecule has 0 radical (unpaired) electrons. The van der Waals surface area contributed by atoms with E-state index in [1.807, 2.05) is 0 Å². The maximum Gasteiger partial charge on any atom is 0.389 e. The zero-order valence-corrected chi connectivity index (χ0v) is 12.3. The summed E-state index contributed by atoms with van der Waals surface area (Å²) in [4.78, 5) is 0.793. The number of nitrogens with one attached hydrogen (secondary N) is 1. The van der Waals surface area contributed by atoms with E-state index in [0.29, 0.717) is 0 Å². The Hall–Kier alpha value is -0.120. The first kappa shape index (κ1) is 15.9. The van der Waals surface area contributed by atoms with Crippen LogP contribution in [-0.2, 0) is 16.6 Å². The molecule has 104 valence electrons. The summed E-state index contributed by atoms with van der Waals surface area (Å²) in [5.41, 5.74) is 0. The van der Waals surface area contributed by atoms with Gasteiger partial charge >= 0.3 is 6.18 Å². The molecule has 0 spiro atoms. The minimum atomic E-state index is -4.31. The molecule has 1 rings (SSSR count). The molecule has 0 aliphatic carbocycles. The van der Waals surface area contributed by atoms with E-state index < -0.39 is 34.8 Å². The lowest BCUT2D eigenvalue weighted by Crippen LogP contribution is -2.26. The van der Waals surface area contributed by atoms with E-state index >= 15 is 0 Å². The molecule has 0 aromatic carbocycles. The van der Waals surface area contributed by atoms with Crippen molar-refractivity contribution < 1.29 is 21.6 Å². The molecule has 0 unspecified atom stereocenters. The summed E-state index contributed by atoms with van der Waals surface area (Å²) < 4.78 is 61.5. The molecule has 0 bridgehead atoms. The van der Waals surface area contributed by atoms with Gasteiger partial charge in [-0.2, -0.15) is 13.2 Å². The minimum Gasteiger partial charge on any atom is -0.212 e. The molecule has 0 aliphatic rings. The fourth-order valence-corrected chi connectivity index (χ4v) is 3.69. The largest absolute Gasteiger partial charge is 0.389 e. The van der Waals surface area contributed by atoms with Gasteiger partial charge in [0.2, 0.25) is 10.0 Å². The summed E-state index contributed by atoms with van der Waals surface area (Å²) in [5.74, 6) is -0.515. The summed E-state index contributed by atoms with van der Waals surface area (Å²) in [6.45, 7) is 0.102. The second kappa shape index (κ2) is 6.36. The van der Waals surface area contributed by atoms with Crippen LogP contribution in [-0.4, -0.2) is 20.3 Å². The molecule has 0 aliphatic heterocycles. The first-order valence-corrected chi connectivity index (χ1v) is 8.27. The summed E-state index contributed by atoms with van der Waals surface area (Å²) in [7, 11) is -3.65. The van der Waals surface area contributed by atoms with Gasteiger partial charge in [0.05, 0.1) is 5.75 Å². The topological polar surface area (TPSA) is 46.2 Å². The highest BCUT2D eigenvalue weighted by molar-refractivity contribution is 9.10. The highest BCUT2D eigenvalue weighted by Crippen LogP contribution is 2.22. The zero-order chi connectivity index (χ0) is 13.8. The Labute approximate surface area is 116 Å². The van der Waals surface area contributed by atoms with Gasteiger partial charge in [-0.3, -0.25) is 0 Å². The molecule has 1 heterocycles. The molecule has 1 aromatic rings. The van der Waals surface area contributed by atoms with Crippen molar-refractivity contribution in [2.45, 2.75) is 25.6 Å². The summed E-state index contributed by atoms with van der Waals surface area (Å²) in [6, 6.07) is 1.75. The highest BCUT2D eigenvalue weighted by atomic mass is 79.9. The Morgan fingerprint density at radius 1 is 1.39 bits per heavy atom. The standard InChI is InChI=1S/C9H11BrF3NO2S2/c10-7-4-8(17-6-7)5-14-18(15,16)3-1-2-9(11,12)13/h4,6,14H,1-3,5H2. The molecule has 0 amide bonds. The van der Waals surface area contributed by atoms with Crippen LogP contribution >= 0.6 is 27.3 Å². The van der Waals surface area contributed by atoms with E-state index in [1.54, 1.807) is 11.4 Å². The van der Waals surface area contributed by atoms with Crippen LogP contribution in [0.15, 0.2) is 15.9 Å². The normalized spacial score (nSPS) is 12.9. The maximum absolute atomic E-state index is 11.9. The Morgan fingerprint density at radius 2 is 2.06 bits per heavy atom. The van der Waals surface area contributed by atoms with Crippen molar-refractivity contribution in [2.75, 3.05) is 5.75 Å². The van der Waals surface area contributed by atoms with Crippen LogP contribution in [0.25, 0.3) is 0 Å². The zero-order valence-electron chi connectivity index (χ0n) is 9.13. The third-order valence-corrected chi connectivity index (χ3v) is 5.07. The third-order valence-electron chi connectivity index (χ3n) is 1.96. The average molecular weight is 366 g/mol. The molecule has 18 heavy (non-hydrogen) atoms. The molecule has 0 atom stereocenters. The third kappa shape index (κ3) is 6.72. The Bertz CT molecular complexity index is 484. The van der Waals surface area contributed by atoms with Crippen molar-refractivity contribution in [3.05, 3.63) is 20.8 Å². The van der Waals surface area contributed by atoms with Crippen molar-refractivity contribution in [3.63, 3.8) is 0 Å². The van der Waals surface area contributed by atoms with Crippen LogP contribution in [0.3, 0.4) is 0 Å². The van der Waals surface area contributed by atoms with Gasteiger partial charge in [0.15, 0.2) is 0 Å². The molecule has 0 saturated carbocycles. The van der Waals surface area contributed by atoms with E-state index in [9.17, 15) is 21.6 Å². The van der Waals surface area contributed by atoms with Gasteiger partial charge in [-0.05, 0) is 28.4 Å². The van der Waals surface area contributed by atoms with E-state index in [4.69, 9.17) is 0 Å². The quantitative estimate of drug-likeness (QED) is 0.840. The first-order chi connectivity index (χ1) is 8.18. The first-order valence-electron chi connectivity index (χ1n) is 4.95.